The van der Waals surface area contributed by atoms with Gasteiger partial charge >= 0.3 is 0 Å². The lowest BCUT2D eigenvalue weighted by atomic mass is 10.2. The molecule has 32 heavy (non-hydrogen) atoms. The standard InChI is InChI=1S/C21H22ClFN6O2S/c1-13(28(2)3)19-25-27-21(29(19)17-10-6-15(22)7-11-17)32-12-18(30)24-26-20(31)14-4-8-16(23)9-5-14/h4-11,13H,12H2,1-3H3,(H,24,30)(H,26,31). The third-order valence-electron chi connectivity index (χ3n) is 4.65. The number of hydrogen-bond acceptors (Lipinski definition) is 6. The number of rotatable bonds is 7. The van der Waals surface area contributed by atoms with Crippen molar-refractivity contribution in [2.75, 3.05) is 19.8 Å². The van der Waals surface area contributed by atoms with Gasteiger partial charge in [-0.15, -0.1) is 10.2 Å². The lowest BCUT2D eigenvalue weighted by Gasteiger charge is -2.20. The van der Waals surface area contributed by atoms with Crippen LogP contribution in [0, 0.1) is 5.82 Å². The van der Waals surface area contributed by atoms with Crippen LogP contribution in [0.5, 0.6) is 0 Å². The molecule has 3 rings (SSSR count). The van der Waals surface area contributed by atoms with Crippen LogP contribution in [0.25, 0.3) is 5.69 Å². The maximum absolute atomic E-state index is 13.0. The first-order chi connectivity index (χ1) is 15.3. The van der Waals surface area contributed by atoms with Crippen LogP contribution < -0.4 is 10.9 Å². The van der Waals surface area contributed by atoms with Crippen LogP contribution in [-0.2, 0) is 4.79 Å². The largest absolute Gasteiger partial charge is 0.300 e. The highest BCUT2D eigenvalue weighted by Gasteiger charge is 2.21. The van der Waals surface area contributed by atoms with E-state index in [1.165, 1.54) is 36.0 Å². The van der Waals surface area contributed by atoms with Crippen molar-refractivity contribution in [3.63, 3.8) is 0 Å². The molecule has 2 N–H and O–H groups in total. The molecule has 0 bridgehead atoms. The molecular formula is C21H22ClFN6O2S. The van der Waals surface area contributed by atoms with Gasteiger partial charge in [0.25, 0.3) is 5.91 Å². The van der Waals surface area contributed by atoms with E-state index in [9.17, 15) is 14.0 Å². The van der Waals surface area contributed by atoms with Crippen LogP contribution >= 0.6 is 23.4 Å². The van der Waals surface area contributed by atoms with Crippen molar-refractivity contribution in [3.05, 3.63) is 70.8 Å². The van der Waals surface area contributed by atoms with E-state index in [0.717, 1.165) is 5.69 Å². The van der Waals surface area contributed by atoms with Gasteiger partial charge in [0.2, 0.25) is 5.91 Å². The zero-order chi connectivity index (χ0) is 23.3. The van der Waals surface area contributed by atoms with Crippen LogP contribution in [0.2, 0.25) is 5.02 Å². The normalized spacial score (nSPS) is 11.9. The van der Waals surface area contributed by atoms with Crippen molar-refractivity contribution >= 4 is 35.2 Å². The Bertz CT molecular complexity index is 1090. The van der Waals surface area contributed by atoms with E-state index in [0.29, 0.717) is 16.0 Å². The third kappa shape index (κ3) is 5.84. The summed E-state index contributed by atoms with van der Waals surface area (Å²) in [6.45, 7) is 2.00. The smallest absolute Gasteiger partial charge is 0.269 e. The second-order valence-electron chi connectivity index (χ2n) is 7.09. The molecule has 0 spiro atoms. The summed E-state index contributed by atoms with van der Waals surface area (Å²) in [6, 6.07) is 12.2. The summed E-state index contributed by atoms with van der Waals surface area (Å²) in [6.07, 6.45) is 0. The van der Waals surface area contributed by atoms with Crippen molar-refractivity contribution in [2.24, 2.45) is 0 Å². The van der Waals surface area contributed by atoms with Gasteiger partial charge in [0.15, 0.2) is 11.0 Å². The van der Waals surface area contributed by atoms with Crippen LogP contribution in [0.1, 0.15) is 29.1 Å². The Labute approximate surface area is 194 Å². The van der Waals surface area contributed by atoms with Crippen molar-refractivity contribution in [1.82, 2.24) is 30.5 Å². The fourth-order valence-electron chi connectivity index (χ4n) is 2.68. The Morgan fingerprint density at radius 3 is 2.38 bits per heavy atom. The number of halogens is 2. The highest BCUT2D eigenvalue weighted by molar-refractivity contribution is 7.99. The van der Waals surface area contributed by atoms with Gasteiger partial charge in [0.05, 0.1) is 11.8 Å². The molecule has 2 aromatic carbocycles. The van der Waals surface area contributed by atoms with Gasteiger partial charge in [-0.05, 0) is 69.6 Å². The molecule has 11 heteroatoms. The lowest BCUT2D eigenvalue weighted by molar-refractivity contribution is -0.119. The minimum Gasteiger partial charge on any atom is -0.300 e. The van der Waals surface area contributed by atoms with E-state index in [1.807, 2.05) is 42.6 Å². The molecule has 0 fully saturated rings. The molecule has 1 atom stereocenters. The maximum Gasteiger partial charge on any atom is 0.269 e. The summed E-state index contributed by atoms with van der Waals surface area (Å²) in [7, 11) is 3.88. The van der Waals surface area contributed by atoms with Crippen molar-refractivity contribution in [3.8, 4) is 5.69 Å². The zero-order valence-electron chi connectivity index (χ0n) is 17.7. The summed E-state index contributed by atoms with van der Waals surface area (Å²) in [5.74, 6) is -0.723. The van der Waals surface area contributed by atoms with Gasteiger partial charge in [-0.1, -0.05) is 23.4 Å². The SMILES string of the molecule is CC(c1nnc(SCC(=O)NNC(=O)c2ccc(F)cc2)n1-c1ccc(Cl)cc1)N(C)C. The van der Waals surface area contributed by atoms with Gasteiger partial charge in [-0.2, -0.15) is 0 Å². The number of nitrogens with zero attached hydrogens (tertiary/aromatic N) is 4. The molecule has 2 amide bonds. The highest BCUT2D eigenvalue weighted by atomic mass is 35.5. The number of nitrogens with one attached hydrogen (secondary N) is 2. The molecule has 1 aromatic heterocycles. The molecule has 1 unspecified atom stereocenters. The van der Waals surface area contributed by atoms with Gasteiger partial charge in [0, 0.05) is 16.3 Å². The molecule has 0 aliphatic rings. The number of benzene rings is 2. The van der Waals surface area contributed by atoms with Crippen molar-refractivity contribution in [2.45, 2.75) is 18.1 Å². The van der Waals surface area contributed by atoms with Crippen LogP contribution in [0.3, 0.4) is 0 Å². The Kier molecular flexibility index (Phi) is 7.84. The average Bonchev–Trinajstić information content (AvgIpc) is 3.20. The number of hydrogen-bond donors (Lipinski definition) is 2. The maximum atomic E-state index is 13.0. The summed E-state index contributed by atoms with van der Waals surface area (Å²) in [5.41, 5.74) is 5.69. The number of amides is 2. The zero-order valence-corrected chi connectivity index (χ0v) is 19.2. The van der Waals surface area contributed by atoms with Gasteiger partial charge in [-0.25, -0.2) is 4.39 Å². The molecule has 1 heterocycles. The van der Waals surface area contributed by atoms with E-state index in [1.54, 1.807) is 12.1 Å². The van der Waals surface area contributed by atoms with E-state index in [4.69, 9.17) is 11.6 Å². The minimum absolute atomic E-state index is 0.00817. The number of aromatic nitrogens is 3. The van der Waals surface area contributed by atoms with E-state index in [-0.39, 0.29) is 17.4 Å². The summed E-state index contributed by atoms with van der Waals surface area (Å²) >= 11 is 7.20. The van der Waals surface area contributed by atoms with Crippen LogP contribution in [0.15, 0.2) is 53.7 Å². The molecule has 3 aromatic rings. The molecule has 0 radical (unpaired) electrons. The average molecular weight is 477 g/mol. The van der Waals surface area contributed by atoms with Gasteiger partial charge in [0.1, 0.15) is 5.82 Å². The Hall–Kier alpha value is -2.95. The van der Waals surface area contributed by atoms with Gasteiger partial charge in [-0.3, -0.25) is 29.9 Å². The predicted molar refractivity (Wildman–Crippen MR) is 121 cm³/mol. The lowest BCUT2D eigenvalue weighted by Crippen LogP contribution is -2.42. The first-order valence-electron chi connectivity index (χ1n) is 9.61. The fraction of sp³-hybridized carbons (Fsp3) is 0.238. The quantitative estimate of drug-likeness (QED) is 0.402. The molecule has 0 saturated carbocycles. The summed E-state index contributed by atoms with van der Waals surface area (Å²) in [4.78, 5) is 26.3. The summed E-state index contributed by atoms with van der Waals surface area (Å²) < 4.78 is 14.8. The molecule has 168 valence electrons. The Morgan fingerprint density at radius 1 is 1.09 bits per heavy atom. The monoisotopic (exact) mass is 476 g/mol. The number of carbonyl (C=O) groups is 2. The van der Waals surface area contributed by atoms with Crippen molar-refractivity contribution in [1.29, 1.82) is 0 Å². The number of thioether (sulfide) groups is 1. The third-order valence-corrected chi connectivity index (χ3v) is 5.83. The molecule has 0 saturated heterocycles. The number of carbonyl (C=O) groups excluding carboxylic acids is 2. The summed E-state index contributed by atoms with van der Waals surface area (Å²) in [5, 5.41) is 9.71. The molecule has 0 aliphatic heterocycles. The van der Waals surface area contributed by atoms with Crippen LogP contribution in [-0.4, -0.2) is 51.3 Å². The Balaban J connectivity index is 1.68. The van der Waals surface area contributed by atoms with Crippen LogP contribution in [0.4, 0.5) is 4.39 Å². The second kappa shape index (κ2) is 10.6. The molecular weight excluding hydrogens is 455 g/mol. The van der Waals surface area contributed by atoms with E-state index < -0.39 is 17.6 Å². The topological polar surface area (TPSA) is 92.1 Å². The molecule has 0 aliphatic carbocycles. The fourth-order valence-corrected chi connectivity index (χ4v) is 3.56. The van der Waals surface area contributed by atoms with Gasteiger partial charge < -0.3 is 0 Å². The highest BCUT2D eigenvalue weighted by Crippen LogP contribution is 2.27. The van der Waals surface area contributed by atoms with Crippen molar-refractivity contribution < 1.29 is 14.0 Å². The first kappa shape index (κ1) is 23.7. The Morgan fingerprint density at radius 2 is 1.75 bits per heavy atom. The first-order valence-corrected chi connectivity index (χ1v) is 11.0. The number of hydrazine groups is 1. The van der Waals surface area contributed by atoms with E-state index in [2.05, 4.69) is 21.0 Å². The predicted octanol–water partition coefficient (Wildman–Crippen LogP) is 3.24. The van der Waals surface area contributed by atoms with E-state index >= 15 is 0 Å². The minimum atomic E-state index is -0.547. The second-order valence-corrected chi connectivity index (χ2v) is 8.47. The molecule has 8 nitrogen and oxygen atoms in total.